The molecule has 0 saturated heterocycles. The molecule has 11 aromatic rings. The first-order valence-corrected chi connectivity index (χ1v) is 42.5. The van der Waals surface area contributed by atoms with Crippen LogP contribution in [0.15, 0.2) is 243 Å². The number of ether oxygens (including phenoxy) is 7. The van der Waals surface area contributed by atoms with Crippen molar-refractivity contribution in [1.82, 2.24) is 0 Å². The minimum Gasteiger partial charge on any atom is -0.371 e. The first kappa shape index (κ1) is 83.1. The van der Waals surface area contributed by atoms with Gasteiger partial charge in [0, 0.05) is 12.8 Å². The molecule has 0 saturated carbocycles. The van der Waals surface area contributed by atoms with E-state index in [1.807, 2.05) is 0 Å². The van der Waals surface area contributed by atoms with Crippen LogP contribution in [0.3, 0.4) is 0 Å². The second-order valence-electron chi connectivity index (χ2n) is 33.0. The Labute approximate surface area is 672 Å². The molecule has 7 heteroatoms. The Bertz CT molecular complexity index is 4710. The van der Waals surface area contributed by atoms with Gasteiger partial charge in [0.05, 0.1) is 73.2 Å². The summed E-state index contributed by atoms with van der Waals surface area (Å²) in [5, 5.41) is 5.51. The smallest absolute Gasteiger partial charge is 0.109 e. The average Bonchev–Trinajstić information content (AvgIpc) is 1.62. The van der Waals surface area contributed by atoms with Crippen molar-refractivity contribution in [2.24, 2.45) is 11.8 Å². The largest absolute Gasteiger partial charge is 0.371 e. The molecule has 7 aliphatic rings. The monoisotopic (exact) mass is 1500 g/mol. The number of hydrogen-bond acceptors (Lipinski definition) is 7. The summed E-state index contributed by atoms with van der Waals surface area (Å²) in [6, 6.07) is 86.3. The fraction of sp³-hybridized carbons (Fsp3) is 0.410. The molecule has 7 nitrogen and oxygen atoms in total. The van der Waals surface area contributed by atoms with E-state index in [0.29, 0.717) is 54.6 Å². The van der Waals surface area contributed by atoms with Crippen molar-refractivity contribution in [3.63, 3.8) is 0 Å². The molecule has 10 atom stereocenters. The molecule has 588 valence electrons. The van der Waals surface area contributed by atoms with Gasteiger partial charge in [0.2, 0.25) is 0 Å². The highest BCUT2D eigenvalue weighted by Crippen LogP contribution is 2.49. The summed E-state index contributed by atoms with van der Waals surface area (Å²) in [6.07, 6.45) is 16.2. The Morgan fingerprint density at radius 2 is 0.518 bits per heavy atom. The lowest BCUT2D eigenvalue weighted by atomic mass is 10.1. The molecule has 0 N–H and O–H groups in total. The highest BCUT2D eigenvalue weighted by molar-refractivity contribution is 5.92. The number of hydrogen-bond donors (Lipinski definition) is 0. The molecule has 0 fully saturated rings. The average molecular weight is 1500 g/mol. The number of benzene rings is 11. The molecule has 7 aliphatic carbocycles. The summed E-state index contributed by atoms with van der Waals surface area (Å²) in [5.41, 5.74) is 24.7. The molecule has 0 bridgehead atoms. The van der Waals surface area contributed by atoms with Gasteiger partial charge in [-0.2, -0.15) is 0 Å². The zero-order chi connectivity index (χ0) is 79.0. The lowest BCUT2D eigenvalue weighted by Gasteiger charge is -2.23. The normalized spacial score (nSPS) is 18.8. The van der Waals surface area contributed by atoms with Crippen LogP contribution in [0.4, 0.5) is 0 Å². The lowest BCUT2D eigenvalue weighted by molar-refractivity contribution is -0.0255. The minimum absolute atomic E-state index is 0.0878. The predicted molar refractivity (Wildman–Crippen MR) is 466 cm³/mol. The van der Waals surface area contributed by atoms with Gasteiger partial charge in [-0.05, 0) is 254 Å². The second-order valence-corrected chi connectivity index (χ2v) is 33.0. The molecule has 0 spiro atoms. The van der Waals surface area contributed by atoms with Crippen LogP contribution in [0.1, 0.15) is 270 Å². The van der Waals surface area contributed by atoms with Crippen LogP contribution in [0.2, 0.25) is 0 Å². The Morgan fingerprint density at radius 3 is 0.884 bits per heavy atom. The number of aryl methyl sites for hydroxylation is 3. The van der Waals surface area contributed by atoms with E-state index in [-0.39, 0.29) is 42.7 Å². The topological polar surface area (TPSA) is 64.6 Å². The van der Waals surface area contributed by atoms with Crippen LogP contribution in [-0.2, 0) is 65.3 Å². The second kappa shape index (κ2) is 39.6. The molecular weight excluding hydrogens is 1370 g/mol. The van der Waals surface area contributed by atoms with Crippen molar-refractivity contribution in [3.05, 3.63) is 321 Å². The summed E-state index contributed by atoms with van der Waals surface area (Å²) < 4.78 is 42.6. The SMILES string of the molecule is CC(C)C(C)OC1CCc2ccccc21.CC(C)C(C)OC1c2ccccc2-c2ccccc21.CC(C)OC1CCc2ccccc21.CC(C)OC1Cc2cccc3cccc1c23.CCC(C)OC1CCc2ccccc21.CCC(C)OC1Cc2cccc3cccc1c23.CCC(C)OC1c2ccccc2-c2ccccc21. The van der Waals surface area contributed by atoms with Gasteiger partial charge < -0.3 is 33.2 Å². The van der Waals surface area contributed by atoms with Gasteiger partial charge in [0.1, 0.15) is 12.2 Å². The van der Waals surface area contributed by atoms with E-state index in [9.17, 15) is 0 Å². The fourth-order valence-electron chi connectivity index (χ4n) is 16.7. The van der Waals surface area contributed by atoms with Gasteiger partial charge in [0.15, 0.2) is 0 Å². The molecule has 18 rings (SSSR count). The van der Waals surface area contributed by atoms with Crippen LogP contribution in [0.5, 0.6) is 0 Å². The van der Waals surface area contributed by atoms with Gasteiger partial charge in [0.25, 0.3) is 0 Å². The van der Waals surface area contributed by atoms with Crippen LogP contribution in [0, 0.1) is 11.8 Å². The summed E-state index contributed by atoms with van der Waals surface area (Å²) >= 11 is 0. The molecule has 0 aromatic heterocycles. The van der Waals surface area contributed by atoms with E-state index in [1.165, 1.54) is 141 Å². The number of fused-ring (bicyclic) bond motifs is 9. The Kier molecular flexibility index (Phi) is 29.4. The van der Waals surface area contributed by atoms with Gasteiger partial charge in [-0.15, -0.1) is 0 Å². The van der Waals surface area contributed by atoms with Crippen LogP contribution >= 0.6 is 0 Å². The van der Waals surface area contributed by atoms with E-state index in [4.69, 9.17) is 33.2 Å². The first-order valence-electron chi connectivity index (χ1n) is 42.5. The third-order valence-corrected chi connectivity index (χ3v) is 23.7. The van der Waals surface area contributed by atoms with E-state index >= 15 is 0 Å². The first-order chi connectivity index (χ1) is 54.3. The van der Waals surface area contributed by atoms with Gasteiger partial charge in [-0.3, -0.25) is 0 Å². The summed E-state index contributed by atoms with van der Waals surface area (Å²) in [7, 11) is 0. The van der Waals surface area contributed by atoms with Gasteiger partial charge in [-0.25, -0.2) is 0 Å². The Morgan fingerprint density at radius 1 is 0.250 bits per heavy atom. The van der Waals surface area contributed by atoms with E-state index in [2.05, 4.69) is 353 Å². The van der Waals surface area contributed by atoms with Crippen molar-refractivity contribution < 1.29 is 33.2 Å². The van der Waals surface area contributed by atoms with Crippen molar-refractivity contribution in [2.75, 3.05) is 0 Å². The lowest BCUT2D eigenvalue weighted by Crippen LogP contribution is -2.18. The van der Waals surface area contributed by atoms with Crippen molar-refractivity contribution >= 4 is 21.5 Å². The number of rotatable bonds is 19. The molecule has 0 aliphatic heterocycles. The molecule has 10 unspecified atom stereocenters. The van der Waals surface area contributed by atoms with E-state index < -0.39 is 0 Å². The highest BCUT2D eigenvalue weighted by atomic mass is 16.5. The summed E-state index contributed by atoms with van der Waals surface area (Å²) in [5.74, 6) is 1.12. The fourth-order valence-corrected chi connectivity index (χ4v) is 16.7. The quantitative estimate of drug-likeness (QED) is 0.0799. The van der Waals surface area contributed by atoms with Crippen LogP contribution in [-0.4, -0.2) is 42.7 Å². The zero-order valence-corrected chi connectivity index (χ0v) is 70.0. The van der Waals surface area contributed by atoms with Crippen molar-refractivity contribution in [3.8, 4) is 22.3 Å². The van der Waals surface area contributed by atoms with Gasteiger partial charge in [-0.1, -0.05) is 291 Å². The highest BCUT2D eigenvalue weighted by Gasteiger charge is 2.34. The molecule has 0 amide bonds. The van der Waals surface area contributed by atoms with Gasteiger partial charge >= 0.3 is 0 Å². The standard InChI is InChI=1S/C18H20O.C17H18O.C16H18O.C15H16O.C14H20O.C13H18O.C12H16O/c1-12(2)13(3)19-18-16-10-6-4-8-14(16)15-9-5-7-11-17(15)18;1-3-12(2)18-17-15-10-6-4-8-13(15)14-9-5-7-11-16(14)17;1-3-11(2)17-15-10-13-8-4-6-12-7-5-9-14(15)16(12)13;1-10(2)16-14-9-12-7-3-5-11-6-4-8-13(14)15(11)12;1-10(2)11(3)15-14-9-8-12-6-4-5-7-13(12)14;1-3-10(2)14-13-9-8-11-6-4-5-7-12(11)13;1-9(2)13-12-8-7-10-5-3-4-6-11(10)12/h4-13,18H,1-3H3;4-12,17H,3H2,1-2H3;4-9,11,15H,3,10H2,1-2H3;3-8,10,14H,9H2,1-2H3;4-7,10-11,14H,8-9H2,1-3H3;4-7,10,13H,3,8-9H2,1-2H3;3-6,9,12H,7-8H2,1-2H3. The van der Waals surface area contributed by atoms with E-state index in [1.54, 1.807) is 0 Å². The molecular formula is C105H126O7. The summed E-state index contributed by atoms with van der Waals surface area (Å²) in [4.78, 5) is 0. The third-order valence-electron chi connectivity index (χ3n) is 23.7. The third kappa shape index (κ3) is 20.2. The van der Waals surface area contributed by atoms with Crippen molar-refractivity contribution in [2.45, 2.75) is 267 Å². The molecule has 0 radical (unpaired) electrons. The maximum Gasteiger partial charge on any atom is 0.109 e. The minimum atomic E-state index is 0.0878. The Hall–Kier alpha value is -8.34. The Balaban J connectivity index is 0.000000122. The zero-order valence-electron chi connectivity index (χ0n) is 70.0. The maximum absolute atomic E-state index is 6.33. The molecule has 11 aromatic carbocycles. The molecule has 112 heavy (non-hydrogen) atoms. The van der Waals surface area contributed by atoms with Crippen molar-refractivity contribution in [1.29, 1.82) is 0 Å². The van der Waals surface area contributed by atoms with Crippen LogP contribution < -0.4 is 0 Å². The maximum atomic E-state index is 6.33. The molecule has 0 heterocycles. The summed E-state index contributed by atoms with van der Waals surface area (Å²) in [6.45, 7) is 34.5. The van der Waals surface area contributed by atoms with E-state index in [0.717, 1.165) is 51.4 Å². The predicted octanol–water partition coefficient (Wildman–Crippen LogP) is 27.8. The van der Waals surface area contributed by atoms with Crippen LogP contribution in [0.25, 0.3) is 43.8 Å².